The number of hydrogen-bond acceptors (Lipinski definition) is 4. The maximum Gasteiger partial charge on any atom is 0.407 e. The van der Waals surface area contributed by atoms with Crippen LogP contribution in [0.5, 0.6) is 0 Å². The lowest BCUT2D eigenvalue weighted by atomic mass is 9.87. The van der Waals surface area contributed by atoms with Crippen LogP contribution in [0.2, 0.25) is 0 Å². The third kappa shape index (κ3) is 5.22. The topological polar surface area (TPSA) is 53.6 Å². The second kappa shape index (κ2) is 8.31. The van der Waals surface area contributed by atoms with Crippen LogP contribution in [0.1, 0.15) is 31.2 Å². The standard InChI is InChI=1S/C18H27N3O2/c22-18(23-14-15-6-2-1-3-7-15)20-17-12-16(13-17)19-8-11-21-9-4-5-10-21/h1-3,6-7,16-17,19H,4-5,8-14H2,(H,20,22). The van der Waals surface area contributed by atoms with E-state index in [2.05, 4.69) is 15.5 Å². The van der Waals surface area contributed by atoms with Gasteiger partial charge in [0, 0.05) is 25.2 Å². The number of carbonyl (C=O) groups is 1. The van der Waals surface area contributed by atoms with Crippen molar-refractivity contribution >= 4 is 6.09 Å². The van der Waals surface area contributed by atoms with Crippen molar-refractivity contribution in [3.8, 4) is 0 Å². The van der Waals surface area contributed by atoms with Crippen LogP contribution >= 0.6 is 0 Å². The number of likely N-dealkylation sites (tertiary alicyclic amines) is 1. The Bertz CT molecular complexity index is 482. The van der Waals surface area contributed by atoms with Gasteiger partial charge < -0.3 is 20.3 Å². The van der Waals surface area contributed by atoms with Gasteiger partial charge in [0.25, 0.3) is 0 Å². The lowest BCUT2D eigenvalue weighted by Gasteiger charge is -2.36. The number of nitrogens with one attached hydrogen (secondary N) is 2. The number of amides is 1. The molecule has 1 aromatic rings. The van der Waals surface area contributed by atoms with Crippen LogP contribution in [0.15, 0.2) is 30.3 Å². The van der Waals surface area contributed by atoms with Crippen molar-refractivity contribution in [2.75, 3.05) is 26.2 Å². The number of hydrogen-bond donors (Lipinski definition) is 2. The number of alkyl carbamates (subject to hydrolysis) is 1. The van der Waals surface area contributed by atoms with E-state index in [-0.39, 0.29) is 12.1 Å². The Morgan fingerprint density at radius 2 is 1.87 bits per heavy atom. The molecule has 0 radical (unpaired) electrons. The maximum atomic E-state index is 11.8. The monoisotopic (exact) mass is 317 g/mol. The van der Waals surface area contributed by atoms with Gasteiger partial charge in [-0.3, -0.25) is 0 Å². The Morgan fingerprint density at radius 1 is 1.13 bits per heavy atom. The van der Waals surface area contributed by atoms with Gasteiger partial charge in [-0.05, 0) is 44.3 Å². The second-order valence-corrected chi connectivity index (χ2v) is 6.57. The Kier molecular flexibility index (Phi) is 5.88. The Labute approximate surface area is 138 Å². The van der Waals surface area contributed by atoms with Crippen LogP contribution in [-0.2, 0) is 11.3 Å². The Balaban J connectivity index is 1.23. The first-order valence-electron chi connectivity index (χ1n) is 8.72. The molecule has 1 aliphatic carbocycles. The van der Waals surface area contributed by atoms with Crippen molar-refractivity contribution in [1.82, 2.24) is 15.5 Å². The molecule has 1 amide bonds. The molecule has 0 bridgehead atoms. The minimum atomic E-state index is -0.311. The predicted molar refractivity (Wildman–Crippen MR) is 90.2 cm³/mol. The molecule has 2 aliphatic rings. The number of rotatable bonds is 7. The van der Waals surface area contributed by atoms with Gasteiger partial charge in [0.1, 0.15) is 6.61 Å². The van der Waals surface area contributed by atoms with Crippen molar-refractivity contribution in [3.63, 3.8) is 0 Å². The van der Waals surface area contributed by atoms with Crippen LogP contribution in [-0.4, -0.2) is 49.3 Å². The van der Waals surface area contributed by atoms with Gasteiger partial charge in [0.2, 0.25) is 0 Å². The third-order valence-electron chi connectivity index (χ3n) is 4.73. The highest BCUT2D eigenvalue weighted by molar-refractivity contribution is 5.67. The molecule has 23 heavy (non-hydrogen) atoms. The molecule has 0 unspecified atom stereocenters. The van der Waals surface area contributed by atoms with E-state index in [0.29, 0.717) is 12.6 Å². The van der Waals surface area contributed by atoms with E-state index in [1.54, 1.807) is 0 Å². The van der Waals surface area contributed by atoms with Crippen LogP contribution in [0.4, 0.5) is 4.79 Å². The fourth-order valence-corrected chi connectivity index (χ4v) is 3.27. The van der Waals surface area contributed by atoms with Crippen molar-refractivity contribution in [1.29, 1.82) is 0 Å². The van der Waals surface area contributed by atoms with Crippen LogP contribution < -0.4 is 10.6 Å². The highest BCUT2D eigenvalue weighted by atomic mass is 16.5. The summed E-state index contributed by atoms with van der Waals surface area (Å²) >= 11 is 0. The predicted octanol–water partition coefficient (Wildman–Crippen LogP) is 2.13. The van der Waals surface area contributed by atoms with Gasteiger partial charge in [0.15, 0.2) is 0 Å². The Morgan fingerprint density at radius 3 is 2.61 bits per heavy atom. The van der Waals surface area contributed by atoms with E-state index in [9.17, 15) is 4.79 Å². The normalized spacial score (nSPS) is 24.2. The van der Waals surface area contributed by atoms with Crippen molar-refractivity contribution in [3.05, 3.63) is 35.9 Å². The molecular weight excluding hydrogens is 290 g/mol. The molecule has 2 N–H and O–H groups in total. The quantitative estimate of drug-likeness (QED) is 0.809. The number of ether oxygens (including phenoxy) is 1. The van der Waals surface area contributed by atoms with Gasteiger partial charge in [0.05, 0.1) is 0 Å². The van der Waals surface area contributed by atoms with Crippen molar-refractivity contribution < 1.29 is 9.53 Å². The summed E-state index contributed by atoms with van der Waals surface area (Å²) in [5.41, 5.74) is 1.01. The molecule has 5 heteroatoms. The summed E-state index contributed by atoms with van der Waals surface area (Å²) in [6, 6.07) is 10.5. The summed E-state index contributed by atoms with van der Waals surface area (Å²) in [5, 5.41) is 6.51. The zero-order valence-corrected chi connectivity index (χ0v) is 13.7. The largest absolute Gasteiger partial charge is 0.445 e. The first-order valence-corrected chi connectivity index (χ1v) is 8.72. The lowest BCUT2D eigenvalue weighted by molar-refractivity contribution is 0.125. The molecule has 3 rings (SSSR count). The fraction of sp³-hybridized carbons (Fsp3) is 0.611. The fourth-order valence-electron chi connectivity index (χ4n) is 3.27. The molecule has 1 aromatic carbocycles. The molecule has 1 saturated carbocycles. The van der Waals surface area contributed by atoms with Gasteiger partial charge in [-0.15, -0.1) is 0 Å². The zero-order chi connectivity index (χ0) is 15.9. The third-order valence-corrected chi connectivity index (χ3v) is 4.73. The Hall–Kier alpha value is -1.59. The van der Waals surface area contributed by atoms with E-state index in [1.165, 1.54) is 25.9 Å². The highest BCUT2D eigenvalue weighted by Crippen LogP contribution is 2.20. The van der Waals surface area contributed by atoms with Gasteiger partial charge in [-0.2, -0.15) is 0 Å². The highest BCUT2D eigenvalue weighted by Gasteiger charge is 2.30. The average molecular weight is 317 g/mol. The zero-order valence-electron chi connectivity index (χ0n) is 13.7. The van der Waals surface area contributed by atoms with Crippen molar-refractivity contribution in [2.45, 2.75) is 44.4 Å². The SMILES string of the molecule is O=C(NC1CC(NCCN2CCCC2)C1)OCc1ccccc1. The molecule has 0 aromatic heterocycles. The second-order valence-electron chi connectivity index (χ2n) is 6.57. The van der Waals surface area contributed by atoms with E-state index < -0.39 is 0 Å². The van der Waals surface area contributed by atoms with Gasteiger partial charge >= 0.3 is 6.09 Å². The summed E-state index contributed by atoms with van der Waals surface area (Å²) in [7, 11) is 0. The minimum Gasteiger partial charge on any atom is -0.445 e. The van der Waals surface area contributed by atoms with Crippen LogP contribution in [0, 0.1) is 0 Å². The summed E-state index contributed by atoms with van der Waals surface area (Å²) < 4.78 is 5.24. The van der Waals surface area contributed by atoms with Crippen molar-refractivity contribution in [2.24, 2.45) is 0 Å². The molecule has 1 heterocycles. The van der Waals surface area contributed by atoms with Gasteiger partial charge in [-0.25, -0.2) is 4.79 Å². The van der Waals surface area contributed by atoms with Crippen LogP contribution in [0.3, 0.4) is 0 Å². The average Bonchev–Trinajstić information content (AvgIpc) is 3.05. The van der Waals surface area contributed by atoms with E-state index in [0.717, 1.165) is 31.5 Å². The summed E-state index contributed by atoms with van der Waals surface area (Å²) in [6.07, 6.45) is 4.39. The summed E-state index contributed by atoms with van der Waals surface area (Å²) in [4.78, 5) is 14.3. The van der Waals surface area contributed by atoms with E-state index >= 15 is 0 Å². The molecule has 0 spiro atoms. The molecule has 126 valence electrons. The summed E-state index contributed by atoms with van der Waals surface area (Å²) in [6.45, 7) is 5.04. The first kappa shape index (κ1) is 16.3. The molecule has 1 saturated heterocycles. The van der Waals surface area contributed by atoms with Crippen LogP contribution in [0.25, 0.3) is 0 Å². The molecule has 5 nitrogen and oxygen atoms in total. The molecular formula is C18H27N3O2. The molecule has 0 atom stereocenters. The smallest absolute Gasteiger partial charge is 0.407 e. The number of nitrogens with zero attached hydrogens (tertiary/aromatic N) is 1. The van der Waals surface area contributed by atoms with E-state index in [4.69, 9.17) is 4.74 Å². The maximum absolute atomic E-state index is 11.8. The van der Waals surface area contributed by atoms with E-state index in [1.807, 2.05) is 30.3 Å². The van der Waals surface area contributed by atoms with Gasteiger partial charge in [-0.1, -0.05) is 30.3 Å². The number of carbonyl (C=O) groups excluding carboxylic acids is 1. The molecule has 2 fully saturated rings. The number of benzene rings is 1. The lowest BCUT2D eigenvalue weighted by Crippen LogP contribution is -2.53. The molecule has 1 aliphatic heterocycles. The minimum absolute atomic E-state index is 0.252. The summed E-state index contributed by atoms with van der Waals surface area (Å²) in [5.74, 6) is 0. The first-order chi connectivity index (χ1) is 11.3.